The van der Waals surface area contributed by atoms with Gasteiger partial charge in [-0.15, -0.1) is 0 Å². The van der Waals surface area contributed by atoms with Crippen LogP contribution in [0.5, 0.6) is 0 Å². The Morgan fingerprint density at radius 2 is 2.20 bits per heavy atom. The Hall–Kier alpha value is -1.16. The molecule has 1 aromatic rings. The van der Waals surface area contributed by atoms with Crippen molar-refractivity contribution in [2.24, 2.45) is 5.92 Å². The van der Waals surface area contributed by atoms with E-state index in [2.05, 4.69) is 33.2 Å². The first kappa shape index (κ1) is 13.8. The SMILES string of the molecule is CCc1cc(N2CCCC(C3CCCN3)C2)nc(C)n1. The molecule has 0 aliphatic carbocycles. The van der Waals surface area contributed by atoms with Crippen LogP contribution in [-0.4, -0.2) is 35.6 Å². The molecular formula is C16H26N4. The van der Waals surface area contributed by atoms with Gasteiger partial charge in [0.05, 0.1) is 0 Å². The quantitative estimate of drug-likeness (QED) is 0.918. The van der Waals surface area contributed by atoms with Gasteiger partial charge in [0.15, 0.2) is 0 Å². The number of rotatable bonds is 3. The van der Waals surface area contributed by atoms with Crippen LogP contribution in [0.3, 0.4) is 0 Å². The van der Waals surface area contributed by atoms with Crippen molar-refractivity contribution in [1.82, 2.24) is 15.3 Å². The lowest BCUT2D eigenvalue weighted by Gasteiger charge is -2.36. The van der Waals surface area contributed by atoms with Crippen LogP contribution in [0, 0.1) is 12.8 Å². The van der Waals surface area contributed by atoms with Gasteiger partial charge in [0, 0.05) is 30.9 Å². The van der Waals surface area contributed by atoms with Gasteiger partial charge >= 0.3 is 0 Å². The number of nitrogens with zero attached hydrogens (tertiary/aromatic N) is 3. The standard InChI is InChI=1S/C16H26N4/c1-3-14-10-16(19-12(2)18-14)20-9-5-6-13(11-20)15-7-4-8-17-15/h10,13,15,17H,3-9,11H2,1-2H3. The zero-order valence-corrected chi connectivity index (χ0v) is 12.7. The van der Waals surface area contributed by atoms with Crippen molar-refractivity contribution < 1.29 is 0 Å². The van der Waals surface area contributed by atoms with Gasteiger partial charge in [-0.05, 0) is 51.5 Å². The minimum Gasteiger partial charge on any atom is -0.356 e. The summed E-state index contributed by atoms with van der Waals surface area (Å²) in [4.78, 5) is 11.6. The lowest BCUT2D eigenvalue weighted by atomic mass is 9.90. The summed E-state index contributed by atoms with van der Waals surface area (Å²) in [6, 6.07) is 2.91. The average Bonchev–Trinajstić information content (AvgIpc) is 3.01. The van der Waals surface area contributed by atoms with Gasteiger partial charge in [-0.1, -0.05) is 6.92 Å². The molecule has 2 atom stereocenters. The van der Waals surface area contributed by atoms with Gasteiger partial charge < -0.3 is 10.2 Å². The van der Waals surface area contributed by atoms with E-state index < -0.39 is 0 Å². The first-order valence-corrected chi connectivity index (χ1v) is 8.09. The van der Waals surface area contributed by atoms with Crippen LogP contribution in [-0.2, 0) is 6.42 Å². The van der Waals surface area contributed by atoms with Crippen LogP contribution in [0.4, 0.5) is 5.82 Å². The predicted octanol–water partition coefficient (Wildman–Crippen LogP) is 2.32. The minimum absolute atomic E-state index is 0.728. The number of aromatic nitrogens is 2. The highest BCUT2D eigenvalue weighted by Gasteiger charge is 2.29. The fourth-order valence-electron chi connectivity index (χ4n) is 3.62. The van der Waals surface area contributed by atoms with Gasteiger partial charge in [0.25, 0.3) is 0 Å². The Balaban J connectivity index is 1.74. The molecule has 110 valence electrons. The van der Waals surface area contributed by atoms with E-state index in [1.807, 2.05) is 6.92 Å². The smallest absolute Gasteiger partial charge is 0.132 e. The molecule has 0 amide bonds. The second kappa shape index (κ2) is 6.08. The normalized spacial score (nSPS) is 27.0. The monoisotopic (exact) mass is 274 g/mol. The maximum Gasteiger partial charge on any atom is 0.132 e. The van der Waals surface area contributed by atoms with E-state index in [1.165, 1.54) is 32.2 Å². The maximum absolute atomic E-state index is 4.66. The molecule has 1 aromatic heterocycles. The van der Waals surface area contributed by atoms with Crippen LogP contribution < -0.4 is 10.2 Å². The number of anilines is 1. The summed E-state index contributed by atoms with van der Waals surface area (Å²) in [6.07, 6.45) is 6.32. The van der Waals surface area contributed by atoms with E-state index in [-0.39, 0.29) is 0 Å². The van der Waals surface area contributed by atoms with Crippen molar-refractivity contribution in [1.29, 1.82) is 0 Å². The third-order valence-electron chi connectivity index (χ3n) is 4.69. The predicted molar refractivity (Wildman–Crippen MR) is 82.1 cm³/mol. The van der Waals surface area contributed by atoms with Gasteiger partial charge in [-0.2, -0.15) is 0 Å². The second-order valence-electron chi connectivity index (χ2n) is 6.17. The molecule has 0 bridgehead atoms. The van der Waals surface area contributed by atoms with Crippen molar-refractivity contribution in [2.45, 2.75) is 52.0 Å². The molecule has 2 saturated heterocycles. The molecule has 20 heavy (non-hydrogen) atoms. The third kappa shape index (κ3) is 2.95. The van der Waals surface area contributed by atoms with Crippen molar-refractivity contribution in [3.05, 3.63) is 17.6 Å². The van der Waals surface area contributed by atoms with Crippen LogP contribution in [0.25, 0.3) is 0 Å². The van der Waals surface area contributed by atoms with E-state index >= 15 is 0 Å². The fourth-order valence-corrected chi connectivity index (χ4v) is 3.62. The molecule has 2 fully saturated rings. The van der Waals surface area contributed by atoms with Gasteiger partial charge in [-0.25, -0.2) is 9.97 Å². The van der Waals surface area contributed by atoms with Crippen LogP contribution in [0.2, 0.25) is 0 Å². The maximum atomic E-state index is 4.66. The summed E-state index contributed by atoms with van der Waals surface area (Å²) < 4.78 is 0. The highest BCUT2D eigenvalue weighted by atomic mass is 15.2. The highest BCUT2D eigenvalue weighted by Crippen LogP contribution is 2.27. The molecule has 3 rings (SSSR count). The molecule has 4 heteroatoms. The lowest BCUT2D eigenvalue weighted by Crippen LogP contribution is -2.44. The first-order valence-electron chi connectivity index (χ1n) is 8.09. The molecule has 2 aliphatic rings. The zero-order valence-electron chi connectivity index (χ0n) is 12.7. The summed E-state index contributed by atoms with van der Waals surface area (Å²) >= 11 is 0. The molecular weight excluding hydrogens is 248 g/mol. The third-order valence-corrected chi connectivity index (χ3v) is 4.69. The van der Waals surface area contributed by atoms with Crippen LogP contribution in [0.1, 0.15) is 44.1 Å². The summed E-state index contributed by atoms with van der Waals surface area (Å²) in [5, 5.41) is 3.67. The van der Waals surface area contributed by atoms with Gasteiger partial charge in [0.2, 0.25) is 0 Å². The largest absolute Gasteiger partial charge is 0.356 e. The summed E-state index contributed by atoms with van der Waals surface area (Å²) in [5.41, 5.74) is 1.16. The molecule has 4 nitrogen and oxygen atoms in total. The number of hydrogen-bond donors (Lipinski definition) is 1. The molecule has 0 spiro atoms. The van der Waals surface area contributed by atoms with Gasteiger partial charge in [0.1, 0.15) is 11.6 Å². The Bertz CT molecular complexity index is 454. The molecule has 3 heterocycles. The van der Waals surface area contributed by atoms with Crippen molar-refractivity contribution in [2.75, 3.05) is 24.5 Å². The van der Waals surface area contributed by atoms with E-state index in [1.54, 1.807) is 0 Å². The first-order chi connectivity index (χ1) is 9.76. The topological polar surface area (TPSA) is 41.0 Å². The van der Waals surface area contributed by atoms with Crippen molar-refractivity contribution in [3.63, 3.8) is 0 Å². The Kier molecular flexibility index (Phi) is 4.20. The molecule has 0 aromatic carbocycles. The molecule has 2 aliphatic heterocycles. The lowest BCUT2D eigenvalue weighted by molar-refractivity contribution is 0.328. The van der Waals surface area contributed by atoms with E-state index in [9.17, 15) is 0 Å². The Morgan fingerprint density at radius 1 is 1.30 bits per heavy atom. The van der Waals surface area contributed by atoms with E-state index in [0.29, 0.717) is 0 Å². The zero-order chi connectivity index (χ0) is 13.9. The highest BCUT2D eigenvalue weighted by molar-refractivity contribution is 5.40. The second-order valence-corrected chi connectivity index (χ2v) is 6.17. The van der Waals surface area contributed by atoms with Crippen molar-refractivity contribution in [3.8, 4) is 0 Å². The Labute approximate surface area is 122 Å². The minimum atomic E-state index is 0.728. The van der Waals surface area contributed by atoms with Crippen molar-refractivity contribution >= 4 is 5.82 Å². The average molecular weight is 274 g/mol. The molecule has 0 radical (unpaired) electrons. The number of aryl methyl sites for hydroxylation is 2. The number of hydrogen-bond acceptors (Lipinski definition) is 4. The van der Waals surface area contributed by atoms with E-state index in [0.717, 1.165) is 48.8 Å². The van der Waals surface area contributed by atoms with Crippen LogP contribution in [0.15, 0.2) is 6.07 Å². The molecule has 0 saturated carbocycles. The Morgan fingerprint density at radius 3 is 2.95 bits per heavy atom. The summed E-state index contributed by atoms with van der Waals surface area (Å²) in [6.45, 7) is 7.66. The summed E-state index contributed by atoms with van der Waals surface area (Å²) in [5.74, 6) is 2.82. The van der Waals surface area contributed by atoms with Crippen LogP contribution >= 0.6 is 0 Å². The van der Waals surface area contributed by atoms with E-state index in [4.69, 9.17) is 0 Å². The number of nitrogens with one attached hydrogen (secondary N) is 1. The van der Waals surface area contributed by atoms with Gasteiger partial charge in [-0.3, -0.25) is 0 Å². The fraction of sp³-hybridized carbons (Fsp3) is 0.750. The number of piperidine rings is 1. The summed E-state index contributed by atoms with van der Waals surface area (Å²) in [7, 11) is 0. The molecule has 2 unspecified atom stereocenters. The molecule has 1 N–H and O–H groups in total.